The first-order valence-electron chi connectivity index (χ1n) is 4.02. The first-order chi connectivity index (χ1) is 6.41. The van der Waals surface area contributed by atoms with Gasteiger partial charge >= 0.3 is 0 Å². The summed E-state index contributed by atoms with van der Waals surface area (Å²) in [5.74, 6) is 0.595. The Morgan fingerprint density at radius 2 is 2.21 bits per heavy atom. The first-order valence-corrected chi connectivity index (χ1v) is 6.18. The van der Waals surface area contributed by atoms with Crippen molar-refractivity contribution in [3.8, 4) is 0 Å². The van der Waals surface area contributed by atoms with Gasteiger partial charge in [-0.25, -0.2) is 4.98 Å². The van der Waals surface area contributed by atoms with Gasteiger partial charge in [0.15, 0.2) is 0 Å². The number of nitrogens with one attached hydrogen (secondary N) is 1. The highest BCUT2D eigenvalue weighted by atomic mass is 127. The number of aromatic nitrogens is 1. The molecule has 3 nitrogen and oxygen atoms in total. The third kappa shape index (κ3) is 3.34. The van der Waals surface area contributed by atoms with Crippen LogP contribution in [0.2, 0.25) is 0 Å². The minimum absolute atomic E-state index is 0.0327. The second-order valence-electron chi connectivity index (χ2n) is 3.26. The smallest absolute Gasteiger partial charge is 0.241 e. The predicted octanol–water partition coefficient (Wildman–Crippen LogP) is 2.84. The van der Waals surface area contributed by atoms with Crippen LogP contribution in [0.5, 0.6) is 0 Å². The van der Waals surface area contributed by atoms with E-state index in [4.69, 9.17) is 0 Å². The molecule has 5 heteroatoms. The Morgan fingerprint density at radius 3 is 2.71 bits per heavy atom. The lowest BCUT2D eigenvalue weighted by Crippen LogP contribution is -2.31. The van der Waals surface area contributed by atoms with Crippen LogP contribution in [-0.2, 0) is 4.79 Å². The van der Waals surface area contributed by atoms with Crippen molar-refractivity contribution < 1.29 is 4.79 Å². The number of halogens is 2. The molecule has 0 radical (unpaired) electrons. The van der Waals surface area contributed by atoms with Crippen molar-refractivity contribution in [1.29, 1.82) is 0 Å². The van der Waals surface area contributed by atoms with Crippen molar-refractivity contribution in [2.45, 2.75) is 17.3 Å². The summed E-state index contributed by atoms with van der Waals surface area (Å²) in [5.41, 5.74) is 0. The lowest BCUT2D eigenvalue weighted by Gasteiger charge is -2.15. The van der Waals surface area contributed by atoms with E-state index >= 15 is 0 Å². The molecule has 1 heterocycles. The highest BCUT2D eigenvalue weighted by molar-refractivity contribution is 14.1. The average molecular weight is 416 g/mol. The van der Waals surface area contributed by atoms with Gasteiger partial charge in [-0.15, -0.1) is 0 Å². The fraction of sp³-hybridized carbons (Fsp3) is 0.333. The van der Waals surface area contributed by atoms with E-state index in [9.17, 15) is 4.79 Å². The van der Waals surface area contributed by atoms with E-state index in [0.717, 1.165) is 3.57 Å². The highest BCUT2D eigenvalue weighted by Gasteiger charge is 2.24. The fourth-order valence-electron chi connectivity index (χ4n) is 0.734. The van der Waals surface area contributed by atoms with Crippen molar-refractivity contribution in [2.24, 2.45) is 0 Å². The van der Waals surface area contributed by atoms with Gasteiger partial charge in [-0.3, -0.25) is 4.79 Å². The fourth-order valence-corrected chi connectivity index (χ4v) is 1.35. The molecule has 0 unspecified atom stereocenters. The van der Waals surface area contributed by atoms with Crippen molar-refractivity contribution in [3.05, 3.63) is 21.9 Å². The summed E-state index contributed by atoms with van der Waals surface area (Å²) >= 11 is 4.24. The number of carbonyl (C=O) groups excluding carboxylic acids is 1. The van der Waals surface area contributed by atoms with E-state index in [-0.39, 0.29) is 5.91 Å². The van der Waals surface area contributed by atoms with E-state index in [1.165, 1.54) is 0 Å². The molecule has 0 aliphatic carbocycles. The molecule has 76 valence electrons. The second-order valence-corrected chi connectivity index (χ2v) is 7.12. The molecule has 0 spiro atoms. The third-order valence-electron chi connectivity index (χ3n) is 1.53. The number of amides is 1. The SMILES string of the molecule is CC(C)(I)C(=O)Nc1ncccc1I. The molecule has 0 fully saturated rings. The van der Waals surface area contributed by atoms with Crippen LogP contribution in [0.1, 0.15) is 13.8 Å². The standard InChI is InChI=1S/C9H10I2N2O/c1-9(2,11)8(14)13-7-6(10)4-3-5-12-7/h3-5H,1-2H3,(H,12,13,14). The van der Waals surface area contributed by atoms with Gasteiger partial charge in [0.1, 0.15) is 5.82 Å². The summed E-state index contributed by atoms with van der Waals surface area (Å²) in [4.78, 5) is 15.7. The highest BCUT2D eigenvalue weighted by Crippen LogP contribution is 2.20. The lowest BCUT2D eigenvalue weighted by atomic mass is 10.2. The number of rotatable bonds is 2. The van der Waals surface area contributed by atoms with Crippen LogP contribution in [0.15, 0.2) is 18.3 Å². The van der Waals surface area contributed by atoms with E-state index in [2.05, 4.69) is 55.5 Å². The van der Waals surface area contributed by atoms with Crippen LogP contribution < -0.4 is 5.32 Å². The van der Waals surface area contributed by atoms with Gasteiger partial charge in [0.25, 0.3) is 0 Å². The quantitative estimate of drug-likeness (QED) is 0.596. The first kappa shape index (κ1) is 12.2. The Hall–Kier alpha value is 0.0800. The number of hydrogen-bond acceptors (Lipinski definition) is 2. The van der Waals surface area contributed by atoms with E-state index in [0.29, 0.717) is 5.82 Å². The van der Waals surface area contributed by atoms with E-state index in [1.54, 1.807) is 6.20 Å². The average Bonchev–Trinajstić information content (AvgIpc) is 2.07. The molecule has 0 bridgehead atoms. The maximum Gasteiger partial charge on any atom is 0.241 e. The van der Waals surface area contributed by atoms with Gasteiger partial charge in [0.2, 0.25) is 5.91 Å². The molecule has 1 amide bonds. The van der Waals surface area contributed by atoms with Crippen LogP contribution in [0.25, 0.3) is 0 Å². The molecular formula is C9H10I2N2O. The lowest BCUT2D eigenvalue weighted by molar-refractivity contribution is -0.117. The van der Waals surface area contributed by atoms with E-state index in [1.807, 2.05) is 26.0 Å². The summed E-state index contributed by atoms with van der Waals surface area (Å²) < 4.78 is 0.525. The number of carbonyl (C=O) groups is 1. The molecule has 1 aromatic rings. The predicted molar refractivity (Wildman–Crippen MR) is 73.7 cm³/mol. The summed E-state index contributed by atoms with van der Waals surface area (Å²) in [6, 6.07) is 3.75. The molecule has 0 saturated carbocycles. The summed E-state index contributed by atoms with van der Waals surface area (Å²) in [6.45, 7) is 3.72. The molecule has 0 aliphatic heterocycles. The van der Waals surface area contributed by atoms with Gasteiger partial charge in [0.05, 0.1) is 6.99 Å². The summed E-state index contributed by atoms with van der Waals surface area (Å²) in [7, 11) is 0. The number of nitrogens with zero attached hydrogens (tertiary/aromatic N) is 1. The molecule has 0 saturated heterocycles. The zero-order valence-electron chi connectivity index (χ0n) is 7.84. The van der Waals surface area contributed by atoms with Crippen molar-refractivity contribution in [3.63, 3.8) is 0 Å². The van der Waals surface area contributed by atoms with Crippen molar-refractivity contribution in [1.82, 2.24) is 4.98 Å². The number of hydrogen-bond donors (Lipinski definition) is 1. The normalized spacial score (nSPS) is 11.1. The van der Waals surface area contributed by atoms with Crippen molar-refractivity contribution in [2.75, 3.05) is 5.32 Å². The number of pyridine rings is 1. The molecule has 14 heavy (non-hydrogen) atoms. The van der Waals surface area contributed by atoms with Crippen LogP contribution in [0.3, 0.4) is 0 Å². The summed E-state index contributed by atoms with van der Waals surface area (Å²) in [6.07, 6.45) is 1.66. The monoisotopic (exact) mass is 416 g/mol. The Balaban J connectivity index is 2.80. The van der Waals surface area contributed by atoms with E-state index < -0.39 is 3.42 Å². The summed E-state index contributed by atoms with van der Waals surface area (Å²) in [5, 5.41) is 2.79. The van der Waals surface area contributed by atoms with Crippen LogP contribution in [-0.4, -0.2) is 14.3 Å². The number of anilines is 1. The van der Waals surface area contributed by atoms with Crippen LogP contribution in [0, 0.1) is 3.57 Å². The van der Waals surface area contributed by atoms with Crippen molar-refractivity contribution >= 4 is 56.9 Å². The molecule has 1 rings (SSSR count). The van der Waals surface area contributed by atoms with Gasteiger partial charge in [-0.1, -0.05) is 22.6 Å². The maximum absolute atomic E-state index is 11.6. The minimum atomic E-state index is -0.418. The number of alkyl halides is 1. The molecule has 0 aliphatic rings. The van der Waals surface area contributed by atoms with Gasteiger partial charge in [-0.2, -0.15) is 0 Å². The molecule has 1 N–H and O–H groups in total. The zero-order valence-corrected chi connectivity index (χ0v) is 12.2. The van der Waals surface area contributed by atoms with Crippen LogP contribution >= 0.6 is 45.2 Å². The van der Waals surface area contributed by atoms with Gasteiger partial charge < -0.3 is 5.32 Å². The minimum Gasteiger partial charge on any atom is -0.309 e. The molecule has 1 aromatic heterocycles. The topological polar surface area (TPSA) is 42.0 Å². The van der Waals surface area contributed by atoms with Gasteiger partial charge in [-0.05, 0) is 48.6 Å². The van der Waals surface area contributed by atoms with Gasteiger partial charge in [0, 0.05) is 6.20 Å². The molecule has 0 aromatic carbocycles. The second kappa shape index (κ2) is 4.73. The Kier molecular flexibility index (Phi) is 4.11. The molecule has 0 atom stereocenters. The largest absolute Gasteiger partial charge is 0.309 e. The Labute approximate surface area is 110 Å². The Bertz CT molecular complexity index is 347. The molecular weight excluding hydrogens is 406 g/mol. The third-order valence-corrected chi connectivity index (χ3v) is 2.89. The van der Waals surface area contributed by atoms with Crippen LogP contribution in [0.4, 0.5) is 5.82 Å². The maximum atomic E-state index is 11.6. The Morgan fingerprint density at radius 1 is 1.57 bits per heavy atom. The zero-order chi connectivity index (χ0) is 10.8.